The van der Waals surface area contributed by atoms with Crippen molar-refractivity contribution < 1.29 is 19.5 Å². The number of carboxylic acid groups (broad SMARTS) is 1. The van der Waals surface area contributed by atoms with Gasteiger partial charge in [-0.05, 0) is 25.0 Å². The number of benzene rings is 1. The molecule has 118 valence electrons. The van der Waals surface area contributed by atoms with Crippen LogP contribution in [0.15, 0.2) is 24.3 Å². The van der Waals surface area contributed by atoms with Crippen molar-refractivity contribution in [2.45, 2.75) is 31.7 Å². The first-order valence-corrected chi connectivity index (χ1v) is 7.43. The zero-order valence-electron chi connectivity index (χ0n) is 11.9. The second-order valence-corrected chi connectivity index (χ2v) is 5.52. The number of rotatable bonds is 5. The molecule has 7 heteroatoms. The molecule has 1 aromatic rings. The van der Waals surface area contributed by atoms with Gasteiger partial charge in [0.2, 0.25) is 11.8 Å². The van der Waals surface area contributed by atoms with Gasteiger partial charge >= 0.3 is 5.97 Å². The van der Waals surface area contributed by atoms with Crippen LogP contribution in [0.25, 0.3) is 0 Å². The fourth-order valence-corrected chi connectivity index (χ4v) is 2.64. The van der Waals surface area contributed by atoms with Gasteiger partial charge in [-0.25, -0.2) is 4.79 Å². The molecule has 1 fully saturated rings. The third-order valence-electron chi connectivity index (χ3n) is 3.57. The number of nitrogens with zero attached hydrogens (tertiary/aromatic N) is 1. The van der Waals surface area contributed by atoms with Gasteiger partial charge in [0.05, 0.1) is 10.7 Å². The van der Waals surface area contributed by atoms with Crippen molar-refractivity contribution in [3.05, 3.63) is 29.3 Å². The summed E-state index contributed by atoms with van der Waals surface area (Å²) in [7, 11) is 0. The van der Waals surface area contributed by atoms with Gasteiger partial charge in [-0.2, -0.15) is 0 Å². The summed E-state index contributed by atoms with van der Waals surface area (Å²) in [6.07, 6.45) is 1.12. The van der Waals surface area contributed by atoms with E-state index in [0.29, 0.717) is 30.1 Å². The van der Waals surface area contributed by atoms with Gasteiger partial charge < -0.3 is 15.3 Å². The Morgan fingerprint density at radius 1 is 1.27 bits per heavy atom. The van der Waals surface area contributed by atoms with Crippen LogP contribution in [-0.4, -0.2) is 40.4 Å². The summed E-state index contributed by atoms with van der Waals surface area (Å²) >= 11 is 5.93. The molecule has 0 saturated carbocycles. The lowest BCUT2D eigenvalue weighted by Gasteiger charge is -2.21. The van der Waals surface area contributed by atoms with Gasteiger partial charge in [0.15, 0.2) is 0 Å². The third kappa shape index (κ3) is 3.98. The summed E-state index contributed by atoms with van der Waals surface area (Å²) in [4.78, 5) is 36.3. The van der Waals surface area contributed by atoms with Gasteiger partial charge in [-0.1, -0.05) is 23.7 Å². The van der Waals surface area contributed by atoms with Crippen molar-refractivity contribution in [3.8, 4) is 0 Å². The number of hydrogen-bond donors (Lipinski definition) is 2. The summed E-state index contributed by atoms with van der Waals surface area (Å²) in [6, 6.07) is 6.06. The molecule has 6 nitrogen and oxygen atoms in total. The number of carbonyl (C=O) groups is 3. The van der Waals surface area contributed by atoms with Crippen LogP contribution in [0.5, 0.6) is 0 Å². The van der Waals surface area contributed by atoms with E-state index >= 15 is 0 Å². The number of para-hydroxylation sites is 1. The minimum absolute atomic E-state index is 0.00705. The normalized spacial score (nSPS) is 17.3. The van der Waals surface area contributed by atoms with Crippen molar-refractivity contribution in [3.63, 3.8) is 0 Å². The second-order valence-electron chi connectivity index (χ2n) is 5.11. The first-order chi connectivity index (χ1) is 10.5. The van der Waals surface area contributed by atoms with Crippen molar-refractivity contribution in [2.75, 3.05) is 11.9 Å². The maximum Gasteiger partial charge on any atom is 0.326 e. The van der Waals surface area contributed by atoms with Crippen LogP contribution in [0.4, 0.5) is 5.69 Å². The number of aliphatic carboxylic acids is 1. The minimum atomic E-state index is -0.994. The van der Waals surface area contributed by atoms with E-state index in [1.54, 1.807) is 24.3 Å². The molecule has 2 N–H and O–H groups in total. The average Bonchev–Trinajstić information content (AvgIpc) is 2.97. The van der Waals surface area contributed by atoms with Crippen LogP contribution in [-0.2, 0) is 14.4 Å². The molecule has 1 saturated heterocycles. The highest BCUT2D eigenvalue weighted by atomic mass is 35.5. The molecule has 1 unspecified atom stereocenters. The number of amides is 2. The highest BCUT2D eigenvalue weighted by Crippen LogP contribution is 2.21. The number of halogens is 1. The summed E-state index contributed by atoms with van der Waals surface area (Å²) in [5.74, 6) is -1.63. The Hall–Kier alpha value is -2.08. The van der Waals surface area contributed by atoms with E-state index in [4.69, 9.17) is 16.7 Å². The van der Waals surface area contributed by atoms with Crippen LogP contribution < -0.4 is 5.32 Å². The molecule has 0 bridgehead atoms. The molecular formula is C15H17ClN2O4. The van der Waals surface area contributed by atoms with E-state index in [-0.39, 0.29) is 24.7 Å². The molecule has 22 heavy (non-hydrogen) atoms. The summed E-state index contributed by atoms with van der Waals surface area (Å²) in [5.41, 5.74) is 0.492. The van der Waals surface area contributed by atoms with E-state index in [9.17, 15) is 14.4 Å². The average molecular weight is 325 g/mol. The Balaban J connectivity index is 1.85. The van der Waals surface area contributed by atoms with Gasteiger partial charge in [-0.3, -0.25) is 9.59 Å². The third-order valence-corrected chi connectivity index (χ3v) is 3.90. The molecule has 2 amide bonds. The number of carbonyl (C=O) groups excluding carboxylic acids is 2. The molecule has 0 aromatic heterocycles. The predicted octanol–water partition coefficient (Wildman–Crippen LogP) is 2.13. The first-order valence-electron chi connectivity index (χ1n) is 7.05. The number of nitrogens with one attached hydrogen (secondary N) is 1. The van der Waals surface area contributed by atoms with E-state index in [0.717, 1.165) is 0 Å². The molecule has 0 spiro atoms. The predicted molar refractivity (Wildman–Crippen MR) is 81.7 cm³/mol. The lowest BCUT2D eigenvalue weighted by molar-refractivity contribution is -0.148. The summed E-state index contributed by atoms with van der Waals surface area (Å²) < 4.78 is 0. The maximum absolute atomic E-state index is 12.0. The van der Waals surface area contributed by atoms with E-state index in [1.807, 2.05) is 0 Å². The smallest absolute Gasteiger partial charge is 0.326 e. The molecule has 1 aliphatic rings. The highest BCUT2D eigenvalue weighted by molar-refractivity contribution is 6.33. The van der Waals surface area contributed by atoms with E-state index < -0.39 is 12.0 Å². The number of hydrogen-bond acceptors (Lipinski definition) is 3. The van der Waals surface area contributed by atoms with Crippen LogP contribution >= 0.6 is 11.6 Å². The van der Waals surface area contributed by atoms with Crippen LogP contribution in [0.3, 0.4) is 0 Å². The Morgan fingerprint density at radius 3 is 2.68 bits per heavy atom. The number of likely N-dealkylation sites (tertiary alicyclic amines) is 1. The summed E-state index contributed by atoms with van der Waals surface area (Å²) in [5, 5.41) is 12.1. The Morgan fingerprint density at radius 2 is 2.00 bits per heavy atom. The zero-order chi connectivity index (χ0) is 16.1. The molecule has 0 aliphatic carbocycles. The molecular weight excluding hydrogens is 308 g/mol. The van der Waals surface area contributed by atoms with E-state index in [2.05, 4.69) is 5.32 Å². The fourth-order valence-electron chi connectivity index (χ4n) is 2.46. The zero-order valence-corrected chi connectivity index (χ0v) is 12.7. The van der Waals surface area contributed by atoms with Crippen LogP contribution in [0, 0.1) is 0 Å². The highest BCUT2D eigenvalue weighted by Gasteiger charge is 2.33. The minimum Gasteiger partial charge on any atom is -0.480 e. The molecule has 1 aliphatic heterocycles. The summed E-state index contributed by atoms with van der Waals surface area (Å²) in [6.45, 7) is 0.432. The molecule has 1 aromatic carbocycles. The van der Waals surface area contributed by atoms with Gasteiger partial charge in [-0.15, -0.1) is 0 Å². The van der Waals surface area contributed by atoms with Crippen molar-refractivity contribution in [1.29, 1.82) is 0 Å². The number of carboxylic acids is 1. The second kappa shape index (κ2) is 7.26. The first kappa shape index (κ1) is 16.3. The molecule has 1 atom stereocenters. The van der Waals surface area contributed by atoms with Gasteiger partial charge in [0.1, 0.15) is 6.04 Å². The van der Waals surface area contributed by atoms with Crippen molar-refractivity contribution in [1.82, 2.24) is 4.90 Å². The van der Waals surface area contributed by atoms with Crippen molar-refractivity contribution in [2.24, 2.45) is 0 Å². The topological polar surface area (TPSA) is 86.7 Å². The van der Waals surface area contributed by atoms with Gasteiger partial charge in [0.25, 0.3) is 0 Å². The van der Waals surface area contributed by atoms with Crippen LogP contribution in [0.1, 0.15) is 25.7 Å². The Labute approximate surface area is 133 Å². The largest absolute Gasteiger partial charge is 0.480 e. The lowest BCUT2D eigenvalue weighted by atomic mass is 10.2. The SMILES string of the molecule is O=C(CCC(=O)N1CCCC1C(=O)O)Nc1ccccc1Cl. The standard InChI is InChI=1S/C15H17ClN2O4/c16-10-4-1-2-5-11(10)17-13(19)7-8-14(20)18-9-3-6-12(18)15(21)22/h1-2,4-5,12H,3,6-9H2,(H,17,19)(H,21,22). The van der Waals surface area contributed by atoms with Crippen LogP contribution in [0.2, 0.25) is 5.02 Å². The Kier molecular flexibility index (Phi) is 5.38. The van der Waals surface area contributed by atoms with E-state index in [1.165, 1.54) is 4.90 Å². The lowest BCUT2D eigenvalue weighted by Crippen LogP contribution is -2.40. The van der Waals surface area contributed by atoms with Gasteiger partial charge in [0, 0.05) is 19.4 Å². The molecule has 1 heterocycles. The maximum atomic E-state index is 12.0. The monoisotopic (exact) mass is 324 g/mol. The number of anilines is 1. The molecule has 2 rings (SSSR count). The fraction of sp³-hybridized carbons (Fsp3) is 0.400. The Bertz CT molecular complexity index is 591. The quantitative estimate of drug-likeness (QED) is 0.868. The molecule has 0 radical (unpaired) electrons. The van der Waals surface area contributed by atoms with Crippen molar-refractivity contribution >= 4 is 35.1 Å².